The molecular weight excluding hydrogens is 373 g/mol. The molecular formula is C21H22FN5O2. The lowest BCUT2D eigenvalue weighted by Crippen LogP contribution is -2.45. The second-order valence-corrected chi connectivity index (χ2v) is 7.25. The number of carbonyl (C=O) groups excluding carboxylic acids is 2. The first-order chi connectivity index (χ1) is 14.1. The Labute approximate surface area is 167 Å². The molecule has 3 aromatic rings. The largest absolute Gasteiger partial charge is 0.348 e. The normalized spacial score (nSPS) is 16.7. The molecule has 0 unspecified atom stereocenters. The fraction of sp³-hybridized carbons (Fsp3) is 0.333. The minimum atomic E-state index is -0.323. The van der Waals surface area contributed by atoms with Gasteiger partial charge in [-0.2, -0.15) is 0 Å². The Bertz CT molecular complexity index is 1020. The van der Waals surface area contributed by atoms with E-state index in [4.69, 9.17) is 0 Å². The molecule has 0 bridgehead atoms. The van der Waals surface area contributed by atoms with Crippen LogP contribution in [0.3, 0.4) is 0 Å². The van der Waals surface area contributed by atoms with Gasteiger partial charge in [0, 0.05) is 19.3 Å². The fourth-order valence-electron chi connectivity index (χ4n) is 3.63. The number of halogens is 1. The van der Waals surface area contributed by atoms with Gasteiger partial charge in [-0.05, 0) is 42.7 Å². The number of nitrogens with zero attached hydrogens (tertiary/aromatic N) is 4. The lowest BCUT2D eigenvalue weighted by Gasteiger charge is -2.32. The fourth-order valence-corrected chi connectivity index (χ4v) is 3.63. The van der Waals surface area contributed by atoms with Gasteiger partial charge in [0.2, 0.25) is 11.8 Å². The Morgan fingerprint density at radius 3 is 2.79 bits per heavy atom. The van der Waals surface area contributed by atoms with Crippen molar-refractivity contribution < 1.29 is 14.0 Å². The number of hydrogen-bond acceptors (Lipinski definition) is 4. The molecule has 150 valence electrons. The Morgan fingerprint density at radius 1 is 1.14 bits per heavy atom. The van der Waals surface area contributed by atoms with E-state index in [1.54, 1.807) is 17.0 Å². The molecule has 1 aliphatic rings. The maximum atomic E-state index is 13.0. The highest BCUT2D eigenvalue weighted by atomic mass is 19.1. The molecule has 0 saturated carbocycles. The van der Waals surface area contributed by atoms with Gasteiger partial charge >= 0.3 is 0 Å². The molecule has 0 aliphatic carbocycles. The molecule has 1 fully saturated rings. The zero-order valence-corrected chi connectivity index (χ0v) is 15.9. The van der Waals surface area contributed by atoms with Crippen LogP contribution in [0.25, 0.3) is 5.65 Å². The van der Waals surface area contributed by atoms with Crippen LogP contribution in [0.4, 0.5) is 4.39 Å². The SMILES string of the molecule is O=C(NCc1nnc2ccccn12)[C@@H]1CCCN(C(=O)Cc2ccc(F)cc2)C1. The molecule has 2 aromatic heterocycles. The van der Waals surface area contributed by atoms with E-state index >= 15 is 0 Å². The average Bonchev–Trinajstić information content (AvgIpc) is 3.17. The molecule has 29 heavy (non-hydrogen) atoms. The Morgan fingerprint density at radius 2 is 1.97 bits per heavy atom. The van der Waals surface area contributed by atoms with E-state index in [0.717, 1.165) is 24.1 Å². The molecule has 1 saturated heterocycles. The van der Waals surface area contributed by atoms with Crippen molar-refractivity contribution in [3.63, 3.8) is 0 Å². The molecule has 8 heteroatoms. The van der Waals surface area contributed by atoms with Crippen molar-refractivity contribution in [1.29, 1.82) is 0 Å². The van der Waals surface area contributed by atoms with Crippen LogP contribution in [0.5, 0.6) is 0 Å². The van der Waals surface area contributed by atoms with Crippen LogP contribution in [0.2, 0.25) is 0 Å². The number of aromatic nitrogens is 3. The van der Waals surface area contributed by atoms with Crippen molar-refractivity contribution >= 4 is 17.5 Å². The van der Waals surface area contributed by atoms with Crippen LogP contribution >= 0.6 is 0 Å². The zero-order chi connectivity index (χ0) is 20.2. The Balaban J connectivity index is 1.33. The van der Waals surface area contributed by atoms with Gasteiger partial charge < -0.3 is 10.2 Å². The molecule has 0 spiro atoms. The van der Waals surface area contributed by atoms with Crippen molar-refractivity contribution in [2.75, 3.05) is 13.1 Å². The van der Waals surface area contributed by atoms with E-state index in [0.29, 0.717) is 18.9 Å². The van der Waals surface area contributed by atoms with Crippen LogP contribution in [0, 0.1) is 11.7 Å². The summed E-state index contributed by atoms with van der Waals surface area (Å²) >= 11 is 0. The first kappa shape index (κ1) is 19.0. The molecule has 1 aromatic carbocycles. The van der Waals surface area contributed by atoms with E-state index in [2.05, 4.69) is 15.5 Å². The molecule has 1 atom stereocenters. The minimum absolute atomic E-state index is 0.0439. The number of amides is 2. The average molecular weight is 395 g/mol. The van der Waals surface area contributed by atoms with Crippen molar-refractivity contribution in [3.8, 4) is 0 Å². The second-order valence-electron chi connectivity index (χ2n) is 7.25. The summed E-state index contributed by atoms with van der Waals surface area (Å²) in [4.78, 5) is 27.0. The Kier molecular flexibility index (Phi) is 5.50. The summed E-state index contributed by atoms with van der Waals surface area (Å²) in [6.07, 6.45) is 3.58. The van der Waals surface area contributed by atoms with Gasteiger partial charge in [0.15, 0.2) is 11.5 Å². The van der Waals surface area contributed by atoms with Gasteiger partial charge in [0.1, 0.15) is 5.82 Å². The van der Waals surface area contributed by atoms with Crippen LogP contribution in [-0.2, 0) is 22.6 Å². The third-order valence-corrected chi connectivity index (χ3v) is 5.22. The quantitative estimate of drug-likeness (QED) is 0.716. The predicted molar refractivity (Wildman–Crippen MR) is 104 cm³/mol. The van der Waals surface area contributed by atoms with Crippen molar-refractivity contribution in [1.82, 2.24) is 24.8 Å². The highest BCUT2D eigenvalue weighted by Crippen LogP contribution is 2.18. The highest BCUT2D eigenvalue weighted by Gasteiger charge is 2.28. The molecule has 0 radical (unpaired) electrons. The van der Waals surface area contributed by atoms with Crippen LogP contribution in [0.15, 0.2) is 48.7 Å². The van der Waals surface area contributed by atoms with Gasteiger partial charge in [0.05, 0.1) is 18.9 Å². The van der Waals surface area contributed by atoms with Crippen molar-refractivity contribution in [3.05, 3.63) is 65.9 Å². The highest BCUT2D eigenvalue weighted by molar-refractivity contribution is 5.82. The minimum Gasteiger partial charge on any atom is -0.348 e. The summed E-state index contributed by atoms with van der Waals surface area (Å²) in [5.41, 5.74) is 1.49. The van der Waals surface area contributed by atoms with Crippen molar-refractivity contribution in [2.24, 2.45) is 5.92 Å². The molecule has 4 rings (SSSR count). The second kappa shape index (κ2) is 8.38. The van der Waals surface area contributed by atoms with E-state index in [1.807, 2.05) is 28.8 Å². The maximum absolute atomic E-state index is 13.0. The number of likely N-dealkylation sites (tertiary alicyclic amines) is 1. The summed E-state index contributed by atoms with van der Waals surface area (Å²) in [5, 5.41) is 11.1. The smallest absolute Gasteiger partial charge is 0.227 e. The summed E-state index contributed by atoms with van der Waals surface area (Å²) in [7, 11) is 0. The van der Waals surface area contributed by atoms with E-state index in [1.165, 1.54) is 12.1 Å². The third-order valence-electron chi connectivity index (χ3n) is 5.22. The topological polar surface area (TPSA) is 79.6 Å². The molecule has 1 aliphatic heterocycles. The van der Waals surface area contributed by atoms with Gasteiger partial charge in [0.25, 0.3) is 0 Å². The monoisotopic (exact) mass is 395 g/mol. The van der Waals surface area contributed by atoms with E-state index in [9.17, 15) is 14.0 Å². The molecule has 3 heterocycles. The summed E-state index contributed by atoms with van der Waals surface area (Å²) in [5.74, 6) is -0.0417. The maximum Gasteiger partial charge on any atom is 0.227 e. The number of rotatable bonds is 5. The first-order valence-electron chi connectivity index (χ1n) is 9.69. The molecule has 1 N–H and O–H groups in total. The molecule has 7 nitrogen and oxygen atoms in total. The first-order valence-corrected chi connectivity index (χ1v) is 9.69. The van der Waals surface area contributed by atoms with Crippen LogP contribution in [-0.4, -0.2) is 44.4 Å². The van der Waals surface area contributed by atoms with E-state index in [-0.39, 0.29) is 36.5 Å². The van der Waals surface area contributed by atoms with Gasteiger partial charge in [-0.15, -0.1) is 10.2 Å². The number of carbonyl (C=O) groups is 2. The van der Waals surface area contributed by atoms with Gasteiger partial charge in [-0.3, -0.25) is 14.0 Å². The van der Waals surface area contributed by atoms with E-state index < -0.39 is 0 Å². The van der Waals surface area contributed by atoms with Crippen LogP contribution < -0.4 is 5.32 Å². The summed E-state index contributed by atoms with van der Waals surface area (Å²) in [6, 6.07) is 11.5. The van der Waals surface area contributed by atoms with Crippen LogP contribution in [0.1, 0.15) is 24.2 Å². The number of hydrogen-bond donors (Lipinski definition) is 1. The predicted octanol–water partition coefficient (Wildman–Crippen LogP) is 1.97. The zero-order valence-electron chi connectivity index (χ0n) is 15.9. The lowest BCUT2D eigenvalue weighted by molar-refractivity contribution is -0.135. The summed E-state index contributed by atoms with van der Waals surface area (Å²) in [6.45, 7) is 1.31. The standard InChI is InChI=1S/C21H22FN5O2/c22-17-8-6-15(7-9-17)12-20(28)26-10-3-4-16(14-26)21(29)23-13-19-25-24-18-5-1-2-11-27(18)19/h1-2,5-9,11,16H,3-4,10,12-14H2,(H,23,29)/t16-/m1/s1. The number of fused-ring (bicyclic) bond motifs is 1. The third kappa shape index (κ3) is 4.42. The Hall–Kier alpha value is -3.29. The van der Waals surface area contributed by atoms with Crippen molar-refractivity contribution in [2.45, 2.75) is 25.8 Å². The molecule has 2 amide bonds. The number of pyridine rings is 1. The van der Waals surface area contributed by atoms with Gasteiger partial charge in [-0.1, -0.05) is 18.2 Å². The van der Waals surface area contributed by atoms with Gasteiger partial charge in [-0.25, -0.2) is 4.39 Å². The summed E-state index contributed by atoms with van der Waals surface area (Å²) < 4.78 is 14.9. The number of benzene rings is 1. The number of nitrogens with one attached hydrogen (secondary N) is 1. The lowest BCUT2D eigenvalue weighted by atomic mass is 9.96. The number of piperidine rings is 1.